The molecule has 0 amide bonds. The number of hydrogen-bond acceptors (Lipinski definition) is 1. The number of likely N-dealkylation sites (N-methyl/N-ethyl adjacent to an activating group) is 1. The highest BCUT2D eigenvalue weighted by molar-refractivity contribution is 5.46. The largest absolute Gasteiger partial charge is 0.298 e. The Bertz CT molecular complexity index is 575. The van der Waals surface area contributed by atoms with Crippen molar-refractivity contribution in [3.8, 4) is 0 Å². The summed E-state index contributed by atoms with van der Waals surface area (Å²) >= 11 is 0. The number of fused-ring (bicyclic) bond motifs is 1. The van der Waals surface area contributed by atoms with Gasteiger partial charge in [-0.05, 0) is 30.7 Å². The average Bonchev–Trinajstić information content (AvgIpc) is 2.46. The maximum atomic E-state index is 2.45. The fourth-order valence-corrected chi connectivity index (χ4v) is 3.37. The van der Waals surface area contributed by atoms with Crippen molar-refractivity contribution in [2.24, 2.45) is 0 Å². The summed E-state index contributed by atoms with van der Waals surface area (Å²) < 4.78 is 0. The minimum absolute atomic E-state index is 0.0825. The lowest BCUT2D eigenvalue weighted by Crippen LogP contribution is -2.44. The number of rotatable bonds is 1. The van der Waals surface area contributed by atoms with E-state index < -0.39 is 0 Å². The van der Waals surface area contributed by atoms with Crippen molar-refractivity contribution in [2.45, 2.75) is 25.3 Å². The van der Waals surface area contributed by atoms with Crippen LogP contribution in [-0.2, 0) is 5.41 Å². The third-order valence-corrected chi connectivity index (χ3v) is 4.64. The number of hydrogen-bond donors (Lipinski definition) is 0. The molecular weight excluding hydrogens is 230 g/mol. The van der Waals surface area contributed by atoms with Crippen LogP contribution >= 0.6 is 0 Å². The Balaban J connectivity index is 2.20. The molecule has 98 valence electrons. The maximum Gasteiger partial charge on any atom is 0.0320 e. The minimum atomic E-state index is 0.0825. The minimum Gasteiger partial charge on any atom is -0.298 e. The van der Waals surface area contributed by atoms with E-state index >= 15 is 0 Å². The summed E-state index contributed by atoms with van der Waals surface area (Å²) in [4.78, 5) is 2.45. The molecule has 2 aromatic carbocycles. The van der Waals surface area contributed by atoms with E-state index in [2.05, 4.69) is 80.4 Å². The molecule has 0 N–H and O–H groups in total. The molecule has 3 rings (SSSR count). The Morgan fingerprint density at radius 2 is 1.63 bits per heavy atom. The molecule has 0 saturated heterocycles. The third-order valence-electron chi connectivity index (χ3n) is 4.64. The van der Waals surface area contributed by atoms with Crippen LogP contribution in [-0.4, -0.2) is 18.5 Å². The topological polar surface area (TPSA) is 3.24 Å². The first-order chi connectivity index (χ1) is 9.13. The number of nitrogens with zero attached hydrogens (tertiary/aromatic N) is 1. The van der Waals surface area contributed by atoms with Gasteiger partial charge in [-0.2, -0.15) is 0 Å². The van der Waals surface area contributed by atoms with Crippen molar-refractivity contribution in [3.63, 3.8) is 0 Å². The molecule has 0 aliphatic carbocycles. The molecule has 2 aromatic rings. The van der Waals surface area contributed by atoms with Crippen LogP contribution in [0.5, 0.6) is 0 Å². The molecule has 1 heterocycles. The van der Waals surface area contributed by atoms with Gasteiger partial charge in [0.25, 0.3) is 0 Å². The fourth-order valence-electron chi connectivity index (χ4n) is 3.37. The predicted octanol–water partition coefficient (Wildman–Crippen LogP) is 4.00. The first kappa shape index (κ1) is 12.4. The van der Waals surface area contributed by atoms with Crippen molar-refractivity contribution in [3.05, 3.63) is 71.3 Å². The van der Waals surface area contributed by atoms with E-state index in [1.807, 2.05) is 0 Å². The third kappa shape index (κ3) is 1.89. The highest BCUT2D eigenvalue weighted by Crippen LogP contribution is 2.42. The van der Waals surface area contributed by atoms with Crippen molar-refractivity contribution >= 4 is 0 Å². The SMILES string of the molecule is C[C@@H]1c2ccccc2[C@](C)(c2ccccc2)CN1C. The zero-order valence-electron chi connectivity index (χ0n) is 11.9. The summed E-state index contributed by atoms with van der Waals surface area (Å²) in [7, 11) is 2.22. The van der Waals surface area contributed by atoms with E-state index in [-0.39, 0.29) is 5.41 Å². The Labute approximate surface area is 115 Å². The van der Waals surface area contributed by atoms with Gasteiger partial charge in [0.2, 0.25) is 0 Å². The first-order valence-corrected chi connectivity index (χ1v) is 6.98. The van der Waals surface area contributed by atoms with Gasteiger partial charge in [0.1, 0.15) is 0 Å². The Hall–Kier alpha value is -1.60. The molecule has 1 heteroatoms. The summed E-state index contributed by atoms with van der Waals surface area (Å²) in [5.41, 5.74) is 4.43. The van der Waals surface area contributed by atoms with Crippen molar-refractivity contribution < 1.29 is 0 Å². The van der Waals surface area contributed by atoms with Crippen LogP contribution in [0.1, 0.15) is 36.6 Å². The van der Waals surface area contributed by atoms with Gasteiger partial charge in [-0.1, -0.05) is 61.5 Å². The highest BCUT2D eigenvalue weighted by Gasteiger charge is 2.38. The standard InChI is InChI=1S/C18H21N/c1-14-16-11-7-8-12-17(16)18(2,13-19(14)3)15-9-5-4-6-10-15/h4-12,14H,13H2,1-3H3/t14-,18+/m1/s1. The van der Waals surface area contributed by atoms with Crippen LogP contribution in [0.3, 0.4) is 0 Å². The van der Waals surface area contributed by atoms with Crippen LogP contribution in [0, 0.1) is 0 Å². The zero-order valence-corrected chi connectivity index (χ0v) is 11.9. The lowest BCUT2D eigenvalue weighted by molar-refractivity contribution is 0.197. The van der Waals surface area contributed by atoms with Gasteiger partial charge in [-0.25, -0.2) is 0 Å². The normalized spacial score (nSPS) is 27.0. The van der Waals surface area contributed by atoms with Crippen molar-refractivity contribution in [1.29, 1.82) is 0 Å². The Morgan fingerprint density at radius 1 is 1.00 bits per heavy atom. The molecule has 2 atom stereocenters. The lowest BCUT2D eigenvalue weighted by Gasteiger charge is -2.44. The molecule has 1 aliphatic rings. The van der Waals surface area contributed by atoms with Crippen LogP contribution < -0.4 is 0 Å². The van der Waals surface area contributed by atoms with Gasteiger partial charge in [0, 0.05) is 18.0 Å². The molecule has 0 fully saturated rings. The fraction of sp³-hybridized carbons (Fsp3) is 0.333. The second-order valence-corrected chi connectivity index (χ2v) is 5.88. The number of benzene rings is 2. The molecule has 0 aromatic heterocycles. The van der Waals surface area contributed by atoms with Crippen molar-refractivity contribution in [2.75, 3.05) is 13.6 Å². The molecule has 1 aliphatic heterocycles. The summed E-state index contributed by atoms with van der Waals surface area (Å²) in [6.07, 6.45) is 0. The monoisotopic (exact) mass is 251 g/mol. The van der Waals surface area contributed by atoms with E-state index in [9.17, 15) is 0 Å². The Kier molecular flexibility index (Phi) is 2.94. The van der Waals surface area contributed by atoms with Gasteiger partial charge < -0.3 is 0 Å². The Morgan fingerprint density at radius 3 is 2.37 bits per heavy atom. The van der Waals surface area contributed by atoms with Crippen molar-refractivity contribution in [1.82, 2.24) is 4.90 Å². The van der Waals surface area contributed by atoms with Gasteiger partial charge in [-0.15, -0.1) is 0 Å². The van der Waals surface area contributed by atoms with Gasteiger partial charge >= 0.3 is 0 Å². The quantitative estimate of drug-likeness (QED) is 0.740. The molecule has 19 heavy (non-hydrogen) atoms. The van der Waals surface area contributed by atoms with E-state index in [0.717, 1.165) is 6.54 Å². The van der Waals surface area contributed by atoms with E-state index in [0.29, 0.717) is 6.04 Å². The zero-order chi connectivity index (χ0) is 13.5. The smallest absolute Gasteiger partial charge is 0.0320 e. The molecule has 0 bridgehead atoms. The molecule has 1 nitrogen and oxygen atoms in total. The second kappa shape index (κ2) is 4.50. The summed E-state index contributed by atoms with van der Waals surface area (Å²) in [5, 5.41) is 0. The van der Waals surface area contributed by atoms with Crippen LogP contribution in [0.15, 0.2) is 54.6 Å². The predicted molar refractivity (Wildman–Crippen MR) is 80.4 cm³/mol. The highest BCUT2D eigenvalue weighted by atomic mass is 15.1. The lowest BCUT2D eigenvalue weighted by atomic mass is 9.70. The molecule has 0 saturated carbocycles. The molecular formula is C18H21N. The van der Waals surface area contributed by atoms with Gasteiger partial charge in [-0.3, -0.25) is 4.90 Å². The van der Waals surface area contributed by atoms with Gasteiger partial charge in [0.15, 0.2) is 0 Å². The van der Waals surface area contributed by atoms with E-state index in [1.165, 1.54) is 16.7 Å². The summed E-state index contributed by atoms with van der Waals surface area (Å²) in [6, 6.07) is 20.3. The second-order valence-electron chi connectivity index (χ2n) is 5.88. The molecule has 0 radical (unpaired) electrons. The molecule has 0 spiro atoms. The summed E-state index contributed by atoms with van der Waals surface area (Å²) in [5.74, 6) is 0. The van der Waals surface area contributed by atoms with Gasteiger partial charge in [0.05, 0.1) is 0 Å². The van der Waals surface area contributed by atoms with Crippen LogP contribution in [0.2, 0.25) is 0 Å². The maximum absolute atomic E-state index is 2.45. The summed E-state index contributed by atoms with van der Waals surface area (Å²) in [6.45, 7) is 5.72. The average molecular weight is 251 g/mol. The van der Waals surface area contributed by atoms with Crippen LogP contribution in [0.25, 0.3) is 0 Å². The first-order valence-electron chi connectivity index (χ1n) is 6.98. The van der Waals surface area contributed by atoms with Crippen LogP contribution in [0.4, 0.5) is 0 Å². The molecule has 0 unspecified atom stereocenters. The van der Waals surface area contributed by atoms with E-state index in [4.69, 9.17) is 0 Å². The van der Waals surface area contributed by atoms with E-state index in [1.54, 1.807) is 0 Å².